The topological polar surface area (TPSA) is 141 Å². The Kier molecular flexibility index (Phi) is 6.54. The number of benzene rings is 2. The van der Waals surface area contributed by atoms with Crippen molar-refractivity contribution in [3.8, 4) is 0 Å². The lowest BCUT2D eigenvalue weighted by molar-refractivity contribution is 0.0977. The highest BCUT2D eigenvalue weighted by Gasteiger charge is 2.41. The molecule has 0 radical (unpaired) electrons. The molecule has 0 fully saturated rings. The fourth-order valence-electron chi connectivity index (χ4n) is 4.32. The van der Waals surface area contributed by atoms with Gasteiger partial charge in [0.05, 0.1) is 16.0 Å². The zero-order valence-corrected chi connectivity index (χ0v) is 21.4. The van der Waals surface area contributed by atoms with Crippen LogP contribution in [0.15, 0.2) is 41.3 Å². The molecule has 1 aliphatic rings. The molecule has 1 aromatic heterocycles. The van der Waals surface area contributed by atoms with Crippen LogP contribution in [0.3, 0.4) is 0 Å². The molecule has 0 aliphatic carbocycles. The molecule has 2 amide bonds. The van der Waals surface area contributed by atoms with Gasteiger partial charge in [0.25, 0.3) is 5.91 Å². The molecule has 1 aliphatic heterocycles. The number of halogens is 2. The summed E-state index contributed by atoms with van der Waals surface area (Å²) in [5.74, 6) is -3.43. The fraction of sp³-hybridized carbons (Fsp3) is 0.292. The van der Waals surface area contributed by atoms with Gasteiger partial charge in [-0.25, -0.2) is 17.2 Å². The summed E-state index contributed by atoms with van der Waals surface area (Å²) in [7, 11) is -0.747. The molecule has 10 nitrogen and oxygen atoms in total. The van der Waals surface area contributed by atoms with E-state index in [1.54, 1.807) is 38.9 Å². The summed E-state index contributed by atoms with van der Waals surface area (Å²) >= 11 is 0. The first-order valence-electron chi connectivity index (χ1n) is 11.2. The Hall–Kier alpha value is -3.84. The zero-order chi connectivity index (χ0) is 27.3. The average molecular weight is 533 g/mol. The van der Waals surface area contributed by atoms with Crippen molar-refractivity contribution in [1.82, 2.24) is 14.5 Å². The molecule has 0 spiro atoms. The lowest BCUT2D eigenvalue weighted by atomic mass is 9.84. The number of hydrogen-bond acceptors (Lipinski definition) is 6. The van der Waals surface area contributed by atoms with E-state index in [1.807, 2.05) is 0 Å². The molecule has 37 heavy (non-hydrogen) atoms. The van der Waals surface area contributed by atoms with E-state index >= 15 is 0 Å². The van der Waals surface area contributed by atoms with Crippen molar-refractivity contribution < 1.29 is 26.8 Å². The number of amides is 2. The van der Waals surface area contributed by atoms with Crippen LogP contribution in [0.2, 0.25) is 0 Å². The Morgan fingerprint density at radius 1 is 1.11 bits per heavy atom. The number of hydrogen-bond donors (Lipinski definition) is 3. The molecule has 2 aromatic carbocycles. The van der Waals surface area contributed by atoms with Gasteiger partial charge in [-0.2, -0.15) is 9.40 Å². The third-order valence-electron chi connectivity index (χ3n) is 6.19. The van der Waals surface area contributed by atoms with Gasteiger partial charge >= 0.3 is 0 Å². The van der Waals surface area contributed by atoms with Gasteiger partial charge in [0.2, 0.25) is 15.9 Å². The van der Waals surface area contributed by atoms with E-state index in [0.717, 1.165) is 16.4 Å². The summed E-state index contributed by atoms with van der Waals surface area (Å²) in [4.78, 5) is 26.4. The number of H-pyrrole nitrogens is 1. The number of primary amides is 1. The van der Waals surface area contributed by atoms with Crippen LogP contribution in [-0.4, -0.2) is 55.4 Å². The van der Waals surface area contributed by atoms with Crippen LogP contribution in [-0.2, 0) is 22.0 Å². The Bertz CT molecular complexity index is 1500. The Balaban J connectivity index is 1.69. The first kappa shape index (κ1) is 26.2. The van der Waals surface area contributed by atoms with Crippen molar-refractivity contribution >= 4 is 33.3 Å². The van der Waals surface area contributed by atoms with Crippen molar-refractivity contribution in [3.05, 3.63) is 70.4 Å². The maximum atomic E-state index is 13.8. The summed E-state index contributed by atoms with van der Waals surface area (Å²) in [6.07, 6.45) is 0. The van der Waals surface area contributed by atoms with Gasteiger partial charge in [-0.15, -0.1) is 0 Å². The SMILES string of the molecule is CN(C)c1ccc(C(=O)Nc2n[nH]c3c2CN(S(=O)(=O)c2cc(F)cc(F)c2)CC3(C)C)c(C(N)=O)c1. The molecule has 2 heterocycles. The number of fused-ring (bicyclic) bond motifs is 1. The van der Waals surface area contributed by atoms with Crippen LogP contribution in [0.4, 0.5) is 20.3 Å². The Labute approximate surface area is 212 Å². The van der Waals surface area contributed by atoms with E-state index in [4.69, 9.17) is 5.73 Å². The number of rotatable bonds is 6. The maximum Gasteiger partial charge on any atom is 0.257 e. The summed E-state index contributed by atoms with van der Waals surface area (Å²) in [6, 6.07) is 6.70. The quantitative estimate of drug-likeness (QED) is 0.446. The molecule has 196 valence electrons. The van der Waals surface area contributed by atoms with Crippen LogP contribution >= 0.6 is 0 Å². The highest BCUT2D eigenvalue weighted by atomic mass is 32.2. The average Bonchev–Trinajstić information content (AvgIpc) is 3.21. The van der Waals surface area contributed by atoms with Crippen molar-refractivity contribution in [2.45, 2.75) is 30.7 Å². The third-order valence-corrected chi connectivity index (χ3v) is 7.95. The Morgan fingerprint density at radius 3 is 2.35 bits per heavy atom. The maximum absolute atomic E-state index is 13.8. The summed E-state index contributed by atoms with van der Waals surface area (Å²) < 4.78 is 55.2. The molecule has 4 rings (SSSR count). The van der Waals surface area contributed by atoms with Crippen LogP contribution in [0.5, 0.6) is 0 Å². The fourth-order valence-corrected chi connectivity index (χ4v) is 5.93. The van der Waals surface area contributed by atoms with Gasteiger partial charge in [-0.3, -0.25) is 14.7 Å². The van der Waals surface area contributed by atoms with Crippen molar-refractivity contribution in [3.63, 3.8) is 0 Å². The van der Waals surface area contributed by atoms with E-state index in [-0.39, 0.29) is 30.0 Å². The van der Waals surface area contributed by atoms with Gasteiger partial charge in [-0.05, 0) is 30.3 Å². The predicted molar refractivity (Wildman–Crippen MR) is 133 cm³/mol. The van der Waals surface area contributed by atoms with Crippen LogP contribution in [0.1, 0.15) is 45.8 Å². The van der Waals surface area contributed by atoms with E-state index in [0.29, 0.717) is 23.0 Å². The molecule has 13 heteroatoms. The first-order chi connectivity index (χ1) is 17.2. The smallest absolute Gasteiger partial charge is 0.257 e. The second-order valence-corrected chi connectivity index (χ2v) is 11.6. The molecular formula is C24H26F2N6O4S. The molecule has 4 N–H and O–H groups in total. The second kappa shape index (κ2) is 9.23. The molecule has 0 saturated carbocycles. The van der Waals surface area contributed by atoms with Crippen LogP contribution < -0.4 is 16.0 Å². The van der Waals surface area contributed by atoms with E-state index < -0.39 is 43.8 Å². The highest BCUT2D eigenvalue weighted by molar-refractivity contribution is 7.89. The monoisotopic (exact) mass is 532 g/mol. The number of aromatic amines is 1. The van der Waals surface area contributed by atoms with Crippen molar-refractivity contribution in [2.75, 3.05) is 30.9 Å². The zero-order valence-electron chi connectivity index (χ0n) is 20.6. The molecule has 0 atom stereocenters. The Morgan fingerprint density at radius 2 is 1.76 bits per heavy atom. The number of nitrogens with one attached hydrogen (secondary N) is 2. The molecule has 0 unspecified atom stereocenters. The highest BCUT2D eigenvalue weighted by Crippen LogP contribution is 2.38. The lowest BCUT2D eigenvalue weighted by Gasteiger charge is -2.36. The number of carbonyl (C=O) groups excluding carboxylic acids is 2. The first-order valence-corrected chi connectivity index (χ1v) is 12.6. The number of anilines is 2. The van der Waals surface area contributed by atoms with Gasteiger partial charge in [-0.1, -0.05) is 13.8 Å². The van der Waals surface area contributed by atoms with Crippen LogP contribution in [0.25, 0.3) is 0 Å². The molecule has 0 saturated heterocycles. The summed E-state index contributed by atoms with van der Waals surface area (Å²) in [5, 5.41) is 9.67. The summed E-state index contributed by atoms with van der Waals surface area (Å²) in [6.45, 7) is 3.32. The van der Waals surface area contributed by atoms with Gasteiger partial charge in [0.15, 0.2) is 5.82 Å². The normalized spacial score (nSPS) is 15.2. The van der Waals surface area contributed by atoms with E-state index in [9.17, 15) is 26.8 Å². The minimum atomic E-state index is -4.29. The minimum absolute atomic E-state index is 0.00534. The second-order valence-electron chi connectivity index (χ2n) is 9.63. The van der Waals surface area contributed by atoms with E-state index in [2.05, 4.69) is 15.5 Å². The van der Waals surface area contributed by atoms with Crippen molar-refractivity contribution in [2.24, 2.45) is 5.73 Å². The lowest BCUT2D eigenvalue weighted by Crippen LogP contribution is -2.45. The number of sulfonamides is 1. The molecule has 3 aromatic rings. The van der Waals surface area contributed by atoms with Gasteiger partial charge in [0, 0.05) is 55.6 Å². The number of nitrogens with two attached hydrogens (primary N) is 1. The third kappa shape index (κ3) is 4.91. The summed E-state index contributed by atoms with van der Waals surface area (Å²) in [5.41, 5.74) is 6.38. The predicted octanol–water partition coefficient (Wildman–Crippen LogP) is 2.59. The number of aromatic nitrogens is 2. The van der Waals surface area contributed by atoms with Crippen LogP contribution in [0, 0.1) is 11.6 Å². The molecule has 0 bridgehead atoms. The van der Waals surface area contributed by atoms with Gasteiger partial charge < -0.3 is 16.0 Å². The molecular weight excluding hydrogens is 506 g/mol. The van der Waals surface area contributed by atoms with E-state index in [1.165, 1.54) is 12.1 Å². The largest absolute Gasteiger partial charge is 0.378 e. The number of nitrogens with zero attached hydrogens (tertiary/aromatic N) is 3. The number of carbonyl (C=O) groups is 2. The van der Waals surface area contributed by atoms with Crippen molar-refractivity contribution in [1.29, 1.82) is 0 Å². The van der Waals surface area contributed by atoms with Gasteiger partial charge in [0.1, 0.15) is 11.6 Å². The standard InChI is InChI=1S/C24H26F2N6O4S/c1-24(2)12-32(37(35,36)16-8-13(25)7-14(26)9-16)11-19-20(24)29-30-22(19)28-23(34)17-6-5-15(31(3)4)10-18(17)21(27)33/h5-10H,11-12H2,1-4H3,(H2,27,33)(H2,28,29,30,34). The minimum Gasteiger partial charge on any atom is -0.378 e.